The highest BCUT2D eigenvalue weighted by Gasteiger charge is 2.17. The Morgan fingerprint density at radius 1 is 0.925 bits per heavy atom. The molecule has 2 aromatic heterocycles. The number of hydrogen-bond donors (Lipinski definition) is 4. The van der Waals surface area contributed by atoms with Gasteiger partial charge in [0.25, 0.3) is 5.91 Å². The SMILES string of the molecule is COCCNc1ccncc1NC(=O)c1nc(-c2ccc(CCNC(=O)OCc3ccccc3)cc2)cnc1N. The van der Waals surface area contributed by atoms with E-state index in [0.29, 0.717) is 43.2 Å². The highest BCUT2D eigenvalue weighted by Crippen LogP contribution is 2.23. The van der Waals surface area contributed by atoms with E-state index in [9.17, 15) is 9.59 Å². The fourth-order valence-electron chi connectivity index (χ4n) is 3.75. The number of ether oxygens (including phenoxy) is 2. The van der Waals surface area contributed by atoms with Gasteiger partial charge in [0, 0.05) is 32.0 Å². The molecule has 0 spiro atoms. The molecule has 0 fully saturated rings. The van der Waals surface area contributed by atoms with Gasteiger partial charge in [-0.1, -0.05) is 54.6 Å². The maximum Gasteiger partial charge on any atom is 0.407 e. The molecule has 2 aromatic carbocycles. The van der Waals surface area contributed by atoms with E-state index in [4.69, 9.17) is 15.2 Å². The number of nitrogens with zero attached hydrogens (tertiary/aromatic N) is 3. The van der Waals surface area contributed by atoms with Gasteiger partial charge >= 0.3 is 6.09 Å². The highest BCUT2D eigenvalue weighted by atomic mass is 16.5. The second-order valence-electron chi connectivity index (χ2n) is 8.72. The number of hydrogen-bond acceptors (Lipinski definition) is 9. The molecule has 0 bridgehead atoms. The molecule has 0 aliphatic carbocycles. The first-order valence-electron chi connectivity index (χ1n) is 12.7. The van der Waals surface area contributed by atoms with Crippen molar-refractivity contribution < 1.29 is 19.1 Å². The number of alkyl carbamates (subject to hydrolysis) is 1. The van der Waals surface area contributed by atoms with Crippen LogP contribution in [0.1, 0.15) is 21.6 Å². The standard InChI is InChI=1S/C29H31N7O4/c1-39-16-15-32-23-12-13-31-17-25(23)36-28(37)26-27(30)34-18-24(35-26)22-9-7-20(8-10-22)11-14-33-29(38)40-19-21-5-3-2-4-6-21/h2-10,12-13,17-18H,11,14-16,19H2,1H3,(H2,30,34)(H,31,32)(H,33,38)(H,36,37). The number of aromatic nitrogens is 3. The summed E-state index contributed by atoms with van der Waals surface area (Å²) in [6.45, 7) is 1.71. The van der Waals surface area contributed by atoms with Crippen LogP contribution in [0.4, 0.5) is 22.0 Å². The van der Waals surface area contributed by atoms with Crippen LogP contribution in [0.2, 0.25) is 0 Å². The lowest BCUT2D eigenvalue weighted by atomic mass is 10.1. The minimum Gasteiger partial charge on any atom is -0.445 e. The van der Waals surface area contributed by atoms with E-state index < -0.39 is 12.0 Å². The lowest BCUT2D eigenvalue weighted by Gasteiger charge is -2.13. The monoisotopic (exact) mass is 541 g/mol. The molecule has 5 N–H and O–H groups in total. The van der Waals surface area contributed by atoms with Gasteiger partial charge in [0.05, 0.1) is 36.1 Å². The smallest absolute Gasteiger partial charge is 0.407 e. The molecule has 40 heavy (non-hydrogen) atoms. The lowest BCUT2D eigenvalue weighted by molar-refractivity contribution is 0.102. The summed E-state index contributed by atoms with van der Waals surface area (Å²) in [5, 5.41) is 8.74. The molecule has 206 valence electrons. The van der Waals surface area contributed by atoms with Crippen molar-refractivity contribution in [1.82, 2.24) is 20.3 Å². The molecule has 0 atom stereocenters. The summed E-state index contributed by atoms with van der Waals surface area (Å²) in [6.07, 6.45) is 4.84. The van der Waals surface area contributed by atoms with Crippen molar-refractivity contribution in [2.75, 3.05) is 43.2 Å². The van der Waals surface area contributed by atoms with E-state index in [1.54, 1.807) is 19.4 Å². The summed E-state index contributed by atoms with van der Waals surface area (Å²) in [5.41, 5.74) is 10.4. The van der Waals surface area contributed by atoms with Gasteiger partial charge in [-0.15, -0.1) is 0 Å². The van der Waals surface area contributed by atoms with Crippen LogP contribution < -0.4 is 21.7 Å². The van der Waals surface area contributed by atoms with Crippen LogP contribution in [-0.4, -0.2) is 53.8 Å². The van der Waals surface area contributed by atoms with Crippen LogP contribution in [-0.2, 0) is 22.5 Å². The van der Waals surface area contributed by atoms with Gasteiger partial charge in [-0.25, -0.2) is 14.8 Å². The summed E-state index contributed by atoms with van der Waals surface area (Å²) in [5.74, 6) is -0.489. The van der Waals surface area contributed by atoms with Gasteiger partial charge in [0.1, 0.15) is 6.61 Å². The molecule has 0 aliphatic heterocycles. The van der Waals surface area contributed by atoms with Gasteiger partial charge in [0.2, 0.25) is 0 Å². The average molecular weight is 542 g/mol. The third kappa shape index (κ3) is 7.98. The molecule has 4 aromatic rings. The Bertz CT molecular complexity index is 1420. The molecule has 4 rings (SSSR count). The van der Waals surface area contributed by atoms with E-state index in [1.165, 1.54) is 12.4 Å². The van der Waals surface area contributed by atoms with Crippen molar-refractivity contribution in [3.8, 4) is 11.3 Å². The number of benzene rings is 2. The molecule has 0 aliphatic rings. The van der Waals surface area contributed by atoms with E-state index in [0.717, 1.165) is 16.7 Å². The molecule has 2 amide bonds. The van der Waals surface area contributed by atoms with Gasteiger partial charge in [-0.2, -0.15) is 0 Å². The highest BCUT2D eigenvalue weighted by molar-refractivity contribution is 6.07. The molecule has 11 heteroatoms. The quantitative estimate of drug-likeness (QED) is 0.196. The predicted molar refractivity (Wildman–Crippen MR) is 153 cm³/mol. The van der Waals surface area contributed by atoms with Gasteiger partial charge < -0.3 is 31.2 Å². The zero-order chi connectivity index (χ0) is 28.2. The number of nitrogens with one attached hydrogen (secondary N) is 3. The maximum atomic E-state index is 13.0. The summed E-state index contributed by atoms with van der Waals surface area (Å²) in [7, 11) is 1.61. The molecule has 11 nitrogen and oxygen atoms in total. The van der Waals surface area contributed by atoms with Crippen LogP contribution in [0.3, 0.4) is 0 Å². The maximum absolute atomic E-state index is 13.0. The zero-order valence-corrected chi connectivity index (χ0v) is 22.1. The second-order valence-corrected chi connectivity index (χ2v) is 8.72. The summed E-state index contributed by atoms with van der Waals surface area (Å²) in [4.78, 5) is 37.7. The van der Waals surface area contributed by atoms with Gasteiger partial charge in [-0.3, -0.25) is 9.78 Å². The number of nitrogens with two attached hydrogens (primary N) is 1. The second kappa shape index (κ2) is 14.2. The molecule has 0 radical (unpaired) electrons. The summed E-state index contributed by atoms with van der Waals surface area (Å²) >= 11 is 0. The normalized spacial score (nSPS) is 10.5. The fourth-order valence-corrected chi connectivity index (χ4v) is 3.75. The number of carbonyl (C=O) groups is 2. The Morgan fingerprint density at radius 3 is 2.50 bits per heavy atom. The van der Waals surface area contributed by atoms with Crippen molar-refractivity contribution in [3.05, 3.63) is 96.1 Å². The number of methoxy groups -OCH3 is 1. The van der Waals surface area contributed by atoms with Crippen molar-refractivity contribution in [2.45, 2.75) is 13.0 Å². The van der Waals surface area contributed by atoms with Crippen molar-refractivity contribution >= 4 is 29.2 Å². The molecular formula is C29H31N7O4. The number of carbonyl (C=O) groups excluding carboxylic acids is 2. The Morgan fingerprint density at radius 2 is 1.73 bits per heavy atom. The van der Waals surface area contributed by atoms with Crippen LogP contribution in [0, 0.1) is 0 Å². The lowest BCUT2D eigenvalue weighted by Crippen LogP contribution is -2.26. The first-order chi connectivity index (χ1) is 19.5. The number of anilines is 3. The molecule has 0 unspecified atom stereocenters. The Balaban J connectivity index is 1.33. The Labute approximate surface area is 232 Å². The molecule has 2 heterocycles. The van der Waals surface area contributed by atoms with Crippen LogP contribution in [0.15, 0.2) is 79.3 Å². The number of rotatable bonds is 12. The average Bonchev–Trinajstić information content (AvgIpc) is 2.98. The minimum absolute atomic E-state index is 0.00601. The molecule has 0 saturated heterocycles. The number of nitrogen functional groups attached to an aromatic ring is 1. The van der Waals surface area contributed by atoms with Crippen molar-refractivity contribution in [2.24, 2.45) is 0 Å². The number of pyridine rings is 1. The van der Waals surface area contributed by atoms with Crippen molar-refractivity contribution in [3.63, 3.8) is 0 Å². The third-order valence-electron chi connectivity index (χ3n) is 5.85. The van der Waals surface area contributed by atoms with E-state index in [-0.39, 0.29) is 18.1 Å². The predicted octanol–water partition coefficient (Wildman–Crippen LogP) is 3.90. The Hall–Kier alpha value is -5.03. The van der Waals surface area contributed by atoms with Gasteiger partial charge in [0.15, 0.2) is 11.5 Å². The van der Waals surface area contributed by atoms with Crippen LogP contribution in [0.25, 0.3) is 11.3 Å². The minimum atomic E-state index is -0.503. The summed E-state index contributed by atoms with van der Waals surface area (Å²) in [6, 6.07) is 18.9. The van der Waals surface area contributed by atoms with Crippen molar-refractivity contribution in [1.29, 1.82) is 0 Å². The van der Waals surface area contributed by atoms with Crippen LogP contribution in [0.5, 0.6) is 0 Å². The van der Waals surface area contributed by atoms with E-state index >= 15 is 0 Å². The third-order valence-corrected chi connectivity index (χ3v) is 5.85. The first kappa shape index (κ1) is 28.0. The summed E-state index contributed by atoms with van der Waals surface area (Å²) < 4.78 is 10.3. The fraction of sp³-hybridized carbons (Fsp3) is 0.207. The van der Waals surface area contributed by atoms with Gasteiger partial charge in [-0.05, 0) is 23.6 Å². The van der Waals surface area contributed by atoms with E-state index in [2.05, 4.69) is 30.9 Å². The van der Waals surface area contributed by atoms with E-state index in [1.807, 2.05) is 54.6 Å². The molecule has 0 saturated carbocycles. The number of amides is 2. The molecular weight excluding hydrogens is 510 g/mol. The zero-order valence-electron chi connectivity index (χ0n) is 22.1. The Kier molecular flexibility index (Phi) is 9.95. The first-order valence-corrected chi connectivity index (χ1v) is 12.7. The van der Waals surface area contributed by atoms with Crippen LogP contribution >= 0.6 is 0 Å². The largest absolute Gasteiger partial charge is 0.445 e. The topological polar surface area (TPSA) is 153 Å².